The Bertz CT molecular complexity index is 362. The van der Waals surface area contributed by atoms with Gasteiger partial charge >= 0.3 is 5.97 Å². The quantitative estimate of drug-likeness (QED) is 0.163. The lowest BCUT2D eigenvalue weighted by Crippen LogP contribution is -2.00. The standard InChI is InChI=1S/C13H20N2O2S2/c1-4-15-13(11(2)9-14)19-10-18-8-6-5-7-17-12(3)16/h2,4-8,10H2,1,3H3. The zero-order valence-corrected chi connectivity index (χ0v) is 13.1. The highest BCUT2D eigenvalue weighted by Crippen LogP contribution is 2.18. The van der Waals surface area contributed by atoms with Crippen molar-refractivity contribution in [2.24, 2.45) is 4.99 Å². The molecule has 0 heterocycles. The van der Waals surface area contributed by atoms with E-state index in [0.29, 0.717) is 18.7 Å². The van der Waals surface area contributed by atoms with E-state index in [2.05, 4.69) is 11.6 Å². The molecule has 0 aromatic heterocycles. The number of hydrogen-bond donors (Lipinski definition) is 0. The fraction of sp³-hybridized carbons (Fsp3) is 0.615. The highest BCUT2D eigenvalue weighted by atomic mass is 32.2. The van der Waals surface area contributed by atoms with Crippen molar-refractivity contribution in [3.63, 3.8) is 0 Å². The van der Waals surface area contributed by atoms with Crippen molar-refractivity contribution in [3.05, 3.63) is 12.2 Å². The van der Waals surface area contributed by atoms with Crippen molar-refractivity contribution >= 4 is 34.5 Å². The molecule has 0 fully saturated rings. The smallest absolute Gasteiger partial charge is 0.302 e. The van der Waals surface area contributed by atoms with Crippen LogP contribution in [-0.2, 0) is 9.53 Å². The Kier molecular flexibility index (Phi) is 11.5. The van der Waals surface area contributed by atoms with E-state index in [0.717, 1.165) is 28.7 Å². The number of nitrogens with zero attached hydrogens (tertiary/aromatic N) is 2. The van der Waals surface area contributed by atoms with Gasteiger partial charge in [0.15, 0.2) is 0 Å². The summed E-state index contributed by atoms with van der Waals surface area (Å²) in [4.78, 5) is 14.8. The van der Waals surface area contributed by atoms with Gasteiger partial charge in [0.2, 0.25) is 0 Å². The van der Waals surface area contributed by atoms with Gasteiger partial charge in [0.05, 0.1) is 12.2 Å². The lowest BCUT2D eigenvalue weighted by atomic mass is 10.4. The van der Waals surface area contributed by atoms with Crippen molar-refractivity contribution in [2.75, 3.05) is 24.0 Å². The first-order valence-electron chi connectivity index (χ1n) is 6.09. The van der Waals surface area contributed by atoms with E-state index in [1.54, 1.807) is 23.5 Å². The maximum Gasteiger partial charge on any atom is 0.302 e. The Morgan fingerprint density at radius 1 is 1.47 bits per heavy atom. The molecular weight excluding hydrogens is 280 g/mol. The summed E-state index contributed by atoms with van der Waals surface area (Å²) >= 11 is 3.34. The molecule has 0 aliphatic carbocycles. The molecule has 0 aromatic rings. The van der Waals surface area contributed by atoms with Crippen molar-refractivity contribution < 1.29 is 9.53 Å². The van der Waals surface area contributed by atoms with Gasteiger partial charge in [0, 0.05) is 18.6 Å². The highest BCUT2D eigenvalue weighted by molar-refractivity contribution is 8.24. The number of carbonyl (C=O) groups excluding carboxylic acids is 1. The van der Waals surface area contributed by atoms with Crippen LogP contribution in [0, 0.1) is 11.3 Å². The molecule has 0 unspecified atom stereocenters. The van der Waals surface area contributed by atoms with E-state index in [9.17, 15) is 4.79 Å². The predicted molar refractivity (Wildman–Crippen MR) is 83.5 cm³/mol. The third-order valence-corrected chi connectivity index (χ3v) is 4.33. The van der Waals surface area contributed by atoms with Crippen molar-refractivity contribution in [3.8, 4) is 6.07 Å². The van der Waals surface area contributed by atoms with Crippen LogP contribution in [0.15, 0.2) is 17.1 Å². The second kappa shape index (κ2) is 12.1. The Morgan fingerprint density at radius 3 is 2.79 bits per heavy atom. The molecular formula is C13H20N2O2S2. The number of carbonyl (C=O) groups is 1. The van der Waals surface area contributed by atoms with E-state index in [1.807, 2.05) is 13.0 Å². The number of unbranched alkanes of at least 4 members (excludes halogenated alkanes) is 1. The van der Waals surface area contributed by atoms with Crippen LogP contribution in [0.5, 0.6) is 0 Å². The number of thioether (sulfide) groups is 2. The molecule has 0 rings (SSSR count). The molecule has 0 spiro atoms. The number of hydrogen-bond acceptors (Lipinski definition) is 6. The zero-order valence-electron chi connectivity index (χ0n) is 11.5. The number of nitriles is 1. The summed E-state index contributed by atoms with van der Waals surface area (Å²) in [6.07, 6.45) is 1.90. The van der Waals surface area contributed by atoms with Crippen LogP contribution in [0.4, 0.5) is 0 Å². The SMILES string of the molecule is C=C(C#N)C(=NCC)SCSCCCCOC(C)=O. The minimum atomic E-state index is -0.223. The Morgan fingerprint density at radius 2 is 2.21 bits per heavy atom. The largest absolute Gasteiger partial charge is 0.466 e. The molecule has 0 aliphatic heterocycles. The van der Waals surface area contributed by atoms with E-state index >= 15 is 0 Å². The molecule has 0 amide bonds. The first kappa shape index (κ1) is 18.1. The third-order valence-electron chi connectivity index (χ3n) is 1.96. The molecule has 106 valence electrons. The molecule has 0 saturated carbocycles. The monoisotopic (exact) mass is 300 g/mol. The first-order chi connectivity index (χ1) is 9.11. The van der Waals surface area contributed by atoms with Crippen molar-refractivity contribution in [1.29, 1.82) is 5.26 Å². The molecule has 0 atom stereocenters. The minimum Gasteiger partial charge on any atom is -0.466 e. The van der Waals surface area contributed by atoms with Gasteiger partial charge in [-0.15, -0.1) is 0 Å². The summed E-state index contributed by atoms with van der Waals surface area (Å²) in [7, 11) is 0. The third kappa shape index (κ3) is 10.7. The summed E-state index contributed by atoms with van der Waals surface area (Å²) in [6.45, 7) is 8.19. The first-order valence-corrected chi connectivity index (χ1v) is 8.23. The van der Waals surface area contributed by atoms with E-state index in [4.69, 9.17) is 10.00 Å². The molecule has 4 nitrogen and oxygen atoms in total. The number of esters is 1. The summed E-state index contributed by atoms with van der Waals surface area (Å²) < 4.78 is 4.84. The summed E-state index contributed by atoms with van der Waals surface area (Å²) in [5.41, 5.74) is 0.433. The molecule has 0 aliphatic rings. The molecule has 0 radical (unpaired) electrons. The minimum absolute atomic E-state index is 0.223. The predicted octanol–water partition coefficient (Wildman–Crippen LogP) is 3.25. The zero-order chi connectivity index (χ0) is 14.5. The lowest BCUT2D eigenvalue weighted by Gasteiger charge is -2.04. The van der Waals surface area contributed by atoms with Crippen LogP contribution in [0.25, 0.3) is 0 Å². The van der Waals surface area contributed by atoms with Gasteiger partial charge in [-0.25, -0.2) is 0 Å². The maximum absolute atomic E-state index is 10.5. The van der Waals surface area contributed by atoms with Crippen LogP contribution in [0.1, 0.15) is 26.7 Å². The normalized spacial score (nSPS) is 10.9. The molecule has 0 aromatic carbocycles. The molecule has 0 N–H and O–H groups in total. The molecule has 6 heteroatoms. The fourth-order valence-electron chi connectivity index (χ4n) is 1.10. The number of aliphatic imine (C=N–C) groups is 1. The number of rotatable bonds is 9. The second-order valence-corrected chi connectivity index (χ2v) is 6.02. The van der Waals surface area contributed by atoms with Gasteiger partial charge in [-0.1, -0.05) is 18.3 Å². The maximum atomic E-state index is 10.5. The van der Waals surface area contributed by atoms with Crippen LogP contribution < -0.4 is 0 Å². The number of ether oxygens (including phenoxy) is 1. The van der Waals surface area contributed by atoms with Crippen LogP contribution in [-0.4, -0.2) is 35.0 Å². The summed E-state index contributed by atoms with van der Waals surface area (Å²) in [5.74, 6) is 0.783. The average Bonchev–Trinajstić information content (AvgIpc) is 2.39. The molecule has 0 bridgehead atoms. The van der Waals surface area contributed by atoms with Gasteiger partial charge in [0.25, 0.3) is 0 Å². The second-order valence-electron chi connectivity index (χ2n) is 3.59. The van der Waals surface area contributed by atoms with E-state index in [1.165, 1.54) is 6.92 Å². The van der Waals surface area contributed by atoms with E-state index < -0.39 is 0 Å². The van der Waals surface area contributed by atoms with Gasteiger partial charge in [0.1, 0.15) is 11.1 Å². The van der Waals surface area contributed by atoms with Gasteiger partial charge in [-0.2, -0.15) is 17.0 Å². The van der Waals surface area contributed by atoms with Crippen LogP contribution in [0.3, 0.4) is 0 Å². The van der Waals surface area contributed by atoms with Gasteiger partial charge < -0.3 is 4.74 Å². The van der Waals surface area contributed by atoms with Crippen LogP contribution in [0.2, 0.25) is 0 Å². The Balaban J connectivity index is 3.62. The van der Waals surface area contributed by atoms with Crippen LogP contribution >= 0.6 is 23.5 Å². The van der Waals surface area contributed by atoms with Gasteiger partial charge in [-0.05, 0) is 25.5 Å². The Hall–Kier alpha value is -0.930. The topological polar surface area (TPSA) is 62.4 Å². The fourth-order valence-corrected chi connectivity index (χ4v) is 3.20. The highest BCUT2D eigenvalue weighted by Gasteiger charge is 2.04. The lowest BCUT2D eigenvalue weighted by molar-refractivity contribution is -0.141. The summed E-state index contributed by atoms with van der Waals surface area (Å²) in [6, 6.07) is 2.03. The Labute approximate surface area is 123 Å². The van der Waals surface area contributed by atoms with E-state index in [-0.39, 0.29) is 5.97 Å². The van der Waals surface area contributed by atoms with Crippen molar-refractivity contribution in [2.45, 2.75) is 26.7 Å². The van der Waals surface area contributed by atoms with Crippen molar-refractivity contribution in [1.82, 2.24) is 0 Å². The van der Waals surface area contributed by atoms with Gasteiger partial charge in [-0.3, -0.25) is 9.79 Å². The molecule has 19 heavy (non-hydrogen) atoms. The summed E-state index contributed by atoms with van der Waals surface area (Å²) in [5, 5.41) is 10.4. The average molecular weight is 300 g/mol. The molecule has 0 saturated heterocycles.